The highest BCUT2D eigenvalue weighted by molar-refractivity contribution is 6.36. The van der Waals surface area contributed by atoms with Gasteiger partial charge in [0, 0.05) is 36.1 Å². The van der Waals surface area contributed by atoms with Gasteiger partial charge in [-0.25, -0.2) is 0 Å². The molecule has 1 aliphatic heterocycles. The average Bonchev–Trinajstić information content (AvgIpc) is 2.35. The highest BCUT2D eigenvalue weighted by Gasteiger charge is 2.18. The molecule has 0 radical (unpaired) electrons. The summed E-state index contributed by atoms with van der Waals surface area (Å²) in [6.07, 6.45) is 2.88. The van der Waals surface area contributed by atoms with Crippen LogP contribution in [0.3, 0.4) is 0 Å². The number of ketones is 1. The van der Waals surface area contributed by atoms with Gasteiger partial charge in [0.15, 0.2) is 0 Å². The molecule has 0 aliphatic carbocycles. The molecule has 0 unspecified atom stereocenters. The van der Waals surface area contributed by atoms with Crippen LogP contribution in [0.4, 0.5) is 0 Å². The maximum Gasteiger partial charge on any atom is 0.137 e. The van der Waals surface area contributed by atoms with Crippen molar-refractivity contribution in [2.45, 2.75) is 25.7 Å². The summed E-state index contributed by atoms with van der Waals surface area (Å²) in [7, 11) is 0. The molecule has 1 heterocycles. The Hall–Kier alpha value is -0.570. The zero-order chi connectivity index (χ0) is 13.0. The van der Waals surface area contributed by atoms with Gasteiger partial charge in [0.2, 0.25) is 0 Å². The highest BCUT2D eigenvalue weighted by atomic mass is 35.5. The van der Waals surface area contributed by atoms with Crippen LogP contribution in [0.5, 0.6) is 0 Å². The molecule has 98 valence electrons. The van der Waals surface area contributed by atoms with E-state index >= 15 is 0 Å². The van der Waals surface area contributed by atoms with Crippen molar-refractivity contribution in [1.29, 1.82) is 0 Å². The quantitative estimate of drug-likeness (QED) is 0.839. The van der Waals surface area contributed by atoms with E-state index in [1.54, 1.807) is 18.2 Å². The first-order chi connectivity index (χ1) is 8.66. The molecule has 0 bridgehead atoms. The van der Waals surface area contributed by atoms with Crippen LogP contribution in [0.15, 0.2) is 18.2 Å². The van der Waals surface area contributed by atoms with E-state index in [2.05, 4.69) is 0 Å². The lowest BCUT2D eigenvalue weighted by atomic mass is 9.92. The van der Waals surface area contributed by atoms with Crippen molar-refractivity contribution in [2.75, 3.05) is 13.2 Å². The van der Waals surface area contributed by atoms with E-state index in [9.17, 15) is 4.79 Å². The molecule has 0 atom stereocenters. The lowest BCUT2D eigenvalue weighted by molar-refractivity contribution is -0.120. The largest absolute Gasteiger partial charge is 0.381 e. The van der Waals surface area contributed by atoms with Gasteiger partial charge in [0.25, 0.3) is 0 Å². The number of carbonyl (C=O) groups excluding carboxylic acids is 1. The number of Topliss-reactive ketones (excluding diaryl/α,β-unsaturated/α-hetero) is 1. The minimum atomic E-state index is 0.205. The molecular weight excluding hydrogens is 271 g/mol. The van der Waals surface area contributed by atoms with E-state index in [1.807, 2.05) is 0 Å². The molecule has 0 spiro atoms. The molecule has 1 saturated heterocycles. The van der Waals surface area contributed by atoms with Crippen LogP contribution in [0.2, 0.25) is 10.0 Å². The van der Waals surface area contributed by atoms with Gasteiger partial charge < -0.3 is 4.74 Å². The van der Waals surface area contributed by atoms with Crippen LogP contribution >= 0.6 is 23.2 Å². The van der Waals surface area contributed by atoms with Crippen LogP contribution < -0.4 is 0 Å². The van der Waals surface area contributed by atoms with Gasteiger partial charge in [0.1, 0.15) is 5.78 Å². The summed E-state index contributed by atoms with van der Waals surface area (Å²) in [5, 5.41) is 1.14. The molecule has 1 aliphatic rings. The van der Waals surface area contributed by atoms with E-state index in [4.69, 9.17) is 27.9 Å². The zero-order valence-electron chi connectivity index (χ0n) is 10.1. The Labute approximate surface area is 117 Å². The number of ether oxygens (including phenoxy) is 1. The molecule has 1 fully saturated rings. The number of carbonyl (C=O) groups is 1. The number of hydrogen-bond donors (Lipinski definition) is 0. The first-order valence-corrected chi connectivity index (χ1v) is 6.94. The molecule has 4 heteroatoms. The fourth-order valence-electron chi connectivity index (χ4n) is 2.24. The molecule has 1 aromatic rings. The van der Waals surface area contributed by atoms with Gasteiger partial charge >= 0.3 is 0 Å². The molecule has 0 N–H and O–H groups in total. The van der Waals surface area contributed by atoms with Gasteiger partial charge in [-0.1, -0.05) is 29.3 Å². The Morgan fingerprint density at radius 2 is 1.83 bits per heavy atom. The van der Waals surface area contributed by atoms with Gasteiger partial charge in [0.05, 0.1) is 0 Å². The van der Waals surface area contributed by atoms with Gasteiger partial charge in [-0.15, -0.1) is 0 Å². The van der Waals surface area contributed by atoms with Crippen molar-refractivity contribution >= 4 is 29.0 Å². The summed E-state index contributed by atoms with van der Waals surface area (Å²) >= 11 is 12.1. The van der Waals surface area contributed by atoms with E-state index < -0.39 is 0 Å². The summed E-state index contributed by atoms with van der Waals surface area (Å²) in [6, 6.07) is 5.33. The SMILES string of the molecule is O=C(Cc1c(Cl)cccc1Cl)CC1CCOCC1. The molecule has 1 aromatic carbocycles. The fraction of sp³-hybridized carbons (Fsp3) is 0.500. The Balaban J connectivity index is 1.94. The summed E-state index contributed by atoms with van der Waals surface area (Å²) in [4.78, 5) is 12.0. The number of benzene rings is 1. The van der Waals surface area contributed by atoms with Crippen molar-refractivity contribution in [3.63, 3.8) is 0 Å². The molecule has 18 heavy (non-hydrogen) atoms. The monoisotopic (exact) mass is 286 g/mol. The lowest BCUT2D eigenvalue weighted by Crippen LogP contribution is -2.19. The Kier molecular flexibility index (Phi) is 5.04. The van der Waals surface area contributed by atoms with Gasteiger partial charge in [-0.2, -0.15) is 0 Å². The molecule has 2 rings (SSSR count). The minimum absolute atomic E-state index is 0.205. The minimum Gasteiger partial charge on any atom is -0.381 e. The Morgan fingerprint density at radius 3 is 2.44 bits per heavy atom. The fourth-order valence-corrected chi connectivity index (χ4v) is 2.77. The molecule has 0 amide bonds. The average molecular weight is 287 g/mol. The highest BCUT2D eigenvalue weighted by Crippen LogP contribution is 2.26. The normalized spacial score (nSPS) is 16.8. The summed E-state index contributed by atoms with van der Waals surface area (Å²) < 4.78 is 5.28. The Bertz CT molecular complexity index is 406. The van der Waals surface area contributed by atoms with Crippen molar-refractivity contribution in [3.8, 4) is 0 Å². The summed E-state index contributed by atoms with van der Waals surface area (Å²) in [5.74, 6) is 0.657. The maximum atomic E-state index is 12.0. The van der Waals surface area contributed by atoms with Crippen molar-refractivity contribution in [3.05, 3.63) is 33.8 Å². The number of rotatable bonds is 4. The third-order valence-electron chi connectivity index (χ3n) is 3.29. The van der Waals surface area contributed by atoms with Gasteiger partial charge in [-0.3, -0.25) is 4.79 Å². The zero-order valence-corrected chi connectivity index (χ0v) is 11.6. The molecule has 0 saturated carbocycles. The van der Waals surface area contributed by atoms with E-state index in [-0.39, 0.29) is 5.78 Å². The number of hydrogen-bond acceptors (Lipinski definition) is 2. The van der Waals surface area contributed by atoms with Crippen LogP contribution in [0.1, 0.15) is 24.8 Å². The first kappa shape index (κ1) is 13.9. The summed E-state index contributed by atoms with van der Waals surface area (Å²) in [5.41, 5.74) is 0.748. The smallest absolute Gasteiger partial charge is 0.137 e. The predicted octanol–water partition coefficient (Wildman–Crippen LogP) is 3.92. The van der Waals surface area contributed by atoms with Crippen molar-refractivity contribution in [1.82, 2.24) is 0 Å². The maximum absolute atomic E-state index is 12.0. The number of halogens is 2. The summed E-state index contributed by atoms with van der Waals surface area (Å²) in [6.45, 7) is 1.54. The lowest BCUT2D eigenvalue weighted by Gasteiger charge is -2.21. The second kappa shape index (κ2) is 6.55. The van der Waals surface area contributed by atoms with Crippen LogP contribution in [0, 0.1) is 5.92 Å². The third kappa shape index (κ3) is 3.71. The van der Waals surface area contributed by atoms with Crippen LogP contribution in [-0.2, 0) is 16.0 Å². The second-order valence-corrected chi connectivity index (χ2v) is 5.49. The molecule has 2 nitrogen and oxygen atoms in total. The molecule has 0 aromatic heterocycles. The standard InChI is InChI=1S/C14H16Cl2O2/c15-13-2-1-3-14(16)12(13)9-11(17)8-10-4-6-18-7-5-10/h1-3,10H,4-9H2. The van der Waals surface area contributed by atoms with Crippen LogP contribution in [-0.4, -0.2) is 19.0 Å². The third-order valence-corrected chi connectivity index (χ3v) is 4.00. The topological polar surface area (TPSA) is 26.3 Å². The van der Waals surface area contributed by atoms with E-state index in [1.165, 1.54) is 0 Å². The van der Waals surface area contributed by atoms with E-state index in [0.29, 0.717) is 28.8 Å². The van der Waals surface area contributed by atoms with Crippen LogP contribution in [0.25, 0.3) is 0 Å². The van der Waals surface area contributed by atoms with E-state index in [0.717, 1.165) is 31.6 Å². The van der Waals surface area contributed by atoms with Crippen molar-refractivity contribution < 1.29 is 9.53 Å². The Morgan fingerprint density at radius 1 is 1.22 bits per heavy atom. The van der Waals surface area contributed by atoms with Crippen molar-refractivity contribution in [2.24, 2.45) is 5.92 Å². The van der Waals surface area contributed by atoms with Gasteiger partial charge in [-0.05, 0) is 36.5 Å². The molecular formula is C14H16Cl2O2. The predicted molar refractivity (Wildman–Crippen MR) is 73.3 cm³/mol. The first-order valence-electron chi connectivity index (χ1n) is 6.19. The second-order valence-electron chi connectivity index (χ2n) is 4.68.